The van der Waals surface area contributed by atoms with E-state index < -0.39 is 5.97 Å². The van der Waals surface area contributed by atoms with E-state index in [-0.39, 0.29) is 11.6 Å². The number of nitrogens with zero attached hydrogens (tertiary/aromatic N) is 3. The Labute approximate surface area is 188 Å². The van der Waals surface area contributed by atoms with Gasteiger partial charge in [0.1, 0.15) is 4.88 Å². The van der Waals surface area contributed by atoms with Crippen LogP contribution in [0.15, 0.2) is 82.8 Å². The predicted molar refractivity (Wildman–Crippen MR) is 125 cm³/mol. The number of esters is 1. The van der Waals surface area contributed by atoms with Crippen LogP contribution in [-0.2, 0) is 4.79 Å². The molecule has 7 nitrogen and oxygen atoms in total. The molecule has 32 heavy (non-hydrogen) atoms. The highest BCUT2D eigenvalue weighted by atomic mass is 32.1. The maximum Gasteiger partial charge on any atom is 0.353 e. The van der Waals surface area contributed by atoms with E-state index in [1.165, 1.54) is 24.7 Å². The number of hydrogen-bond acceptors (Lipinski definition) is 7. The number of carbonyl (C=O) groups is 2. The van der Waals surface area contributed by atoms with Gasteiger partial charge in [-0.05, 0) is 41.3 Å². The fourth-order valence-corrected chi connectivity index (χ4v) is 3.81. The predicted octanol–water partition coefficient (Wildman–Crippen LogP) is 4.33. The van der Waals surface area contributed by atoms with Crippen molar-refractivity contribution in [1.82, 2.24) is 0 Å². The number of methoxy groups -OCH3 is 1. The zero-order chi connectivity index (χ0) is 22.5. The molecule has 0 atom stereocenters. The second kappa shape index (κ2) is 9.40. The van der Waals surface area contributed by atoms with Gasteiger partial charge in [-0.25, -0.2) is 4.79 Å². The van der Waals surface area contributed by atoms with Gasteiger partial charge in [0, 0.05) is 12.1 Å². The van der Waals surface area contributed by atoms with Gasteiger partial charge in [0.2, 0.25) is 0 Å². The molecule has 0 radical (unpaired) electrons. The maximum atomic E-state index is 12.7. The molecule has 1 amide bonds. The van der Waals surface area contributed by atoms with Gasteiger partial charge in [-0.15, -0.1) is 23.0 Å². The van der Waals surface area contributed by atoms with E-state index in [0.29, 0.717) is 28.5 Å². The molecular formula is C24H19N3O4S. The highest BCUT2D eigenvalue weighted by molar-refractivity contribution is 7.12. The van der Waals surface area contributed by atoms with Crippen LogP contribution in [0.25, 0.3) is 0 Å². The number of hydrogen-bond donors (Lipinski definition) is 0. The van der Waals surface area contributed by atoms with Crippen molar-refractivity contribution in [2.45, 2.75) is 0 Å². The molecule has 1 aliphatic rings. The van der Waals surface area contributed by atoms with E-state index in [1.54, 1.807) is 46.7 Å². The van der Waals surface area contributed by atoms with Gasteiger partial charge in [-0.3, -0.25) is 4.79 Å². The van der Waals surface area contributed by atoms with Crippen LogP contribution < -0.4 is 14.4 Å². The van der Waals surface area contributed by atoms with Crippen molar-refractivity contribution in [2.24, 2.45) is 10.2 Å². The highest BCUT2D eigenvalue weighted by Gasteiger charge is 2.33. The van der Waals surface area contributed by atoms with Gasteiger partial charge in [0.25, 0.3) is 5.91 Å². The van der Waals surface area contributed by atoms with Crippen molar-refractivity contribution in [3.8, 4) is 11.5 Å². The summed E-state index contributed by atoms with van der Waals surface area (Å²) in [7, 11) is 1.49. The van der Waals surface area contributed by atoms with Crippen LogP contribution in [0.2, 0.25) is 0 Å². The van der Waals surface area contributed by atoms with Crippen LogP contribution in [-0.4, -0.2) is 37.5 Å². The molecule has 3 aromatic rings. The molecule has 0 aliphatic carbocycles. The average Bonchev–Trinajstić information content (AvgIpc) is 3.44. The van der Waals surface area contributed by atoms with Gasteiger partial charge in [-0.1, -0.05) is 30.3 Å². The Hall–Kier alpha value is -4.04. The normalized spacial score (nSPS) is 14.1. The molecule has 0 fully saturated rings. The minimum absolute atomic E-state index is 0.225. The van der Waals surface area contributed by atoms with Crippen molar-refractivity contribution in [3.05, 3.63) is 88.6 Å². The Morgan fingerprint density at radius 2 is 2.00 bits per heavy atom. The minimum Gasteiger partial charge on any atom is -0.493 e. The van der Waals surface area contributed by atoms with Crippen molar-refractivity contribution < 1.29 is 19.1 Å². The smallest absolute Gasteiger partial charge is 0.353 e. The van der Waals surface area contributed by atoms with Crippen LogP contribution in [0.1, 0.15) is 20.8 Å². The van der Waals surface area contributed by atoms with Crippen LogP contribution in [0.3, 0.4) is 0 Å². The average molecular weight is 446 g/mol. The summed E-state index contributed by atoms with van der Waals surface area (Å²) in [5.41, 5.74) is 2.45. The van der Waals surface area contributed by atoms with Crippen LogP contribution in [0.4, 0.5) is 5.69 Å². The zero-order valence-electron chi connectivity index (χ0n) is 17.2. The van der Waals surface area contributed by atoms with Crippen molar-refractivity contribution in [1.29, 1.82) is 0 Å². The summed E-state index contributed by atoms with van der Waals surface area (Å²) in [4.78, 5) is 27.1. The second-order valence-electron chi connectivity index (χ2n) is 6.69. The number of ether oxygens (including phenoxy) is 2. The third-order valence-corrected chi connectivity index (χ3v) is 5.54. The first kappa shape index (κ1) is 21.2. The summed E-state index contributed by atoms with van der Waals surface area (Å²) < 4.78 is 10.8. The number of fused-ring (bicyclic) bond motifs is 1. The fourth-order valence-electron chi connectivity index (χ4n) is 3.22. The summed E-state index contributed by atoms with van der Waals surface area (Å²) in [5.74, 6) is 0.00515. The molecule has 0 unspecified atom stereocenters. The summed E-state index contributed by atoms with van der Waals surface area (Å²) in [5, 5.41) is 10.1. The number of para-hydroxylation sites is 1. The van der Waals surface area contributed by atoms with Crippen molar-refractivity contribution in [3.63, 3.8) is 0 Å². The summed E-state index contributed by atoms with van der Waals surface area (Å²) in [6.45, 7) is 4.10. The lowest BCUT2D eigenvalue weighted by Gasteiger charge is -2.13. The molecule has 2 aromatic carbocycles. The molecule has 4 rings (SSSR count). The molecule has 2 heterocycles. The molecule has 0 N–H and O–H groups in total. The first-order chi connectivity index (χ1) is 15.6. The number of carbonyl (C=O) groups excluding carboxylic acids is 2. The fraction of sp³-hybridized carbons (Fsp3) is 0.0833. The highest BCUT2D eigenvalue weighted by Crippen LogP contribution is 2.30. The maximum absolute atomic E-state index is 12.7. The first-order valence-electron chi connectivity index (χ1n) is 9.69. The number of amides is 1. The number of anilines is 1. The SMILES string of the molecule is C=CCN1C(=O)/C(=N\N=C/c2ccc(OC(=O)c3cccs3)c(OC)c2)c2ccccc21. The number of thiophene rings is 1. The monoisotopic (exact) mass is 445 g/mol. The van der Waals surface area contributed by atoms with Crippen LogP contribution in [0.5, 0.6) is 11.5 Å². The Bertz CT molecular complexity index is 1230. The quantitative estimate of drug-likeness (QED) is 0.178. The van der Waals surface area contributed by atoms with E-state index in [2.05, 4.69) is 16.8 Å². The topological polar surface area (TPSA) is 80.6 Å². The van der Waals surface area contributed by atoms with E-state index in [1.807, 2.05) is 24.3 Å². The minimum atomic E-state index is -0.450. The molecule has 8 heteroatoms. The van der Waals surface area contributed by atoms with Gasteiger partial charge in [0.05, 0.1) is 19.0 Å². The molecular weight excluding hydrogens is 426 g/mol. The Morgan fingerprint density at radius 3 is 2.75 bits per heavy atom. The van der Waals surface area contributed by atoms with E-state index >= 15 is 0 Å². The molecule has 0 bridgehead atoms. The van der Waals surface area contributed by atoms with Crippen LogP contribution >= 0.6 is 11.3 Å². The van der Waals surface area contributed by atoms with Crippen molar-refractivity contribution >= 4 is 40.8 Å². The van der Waals surface area contributed by atoms with Gasteiger partial charge in [-0.2, -0.15) is 5.10 Å². The lowest BCUT2D eigenvalue weighted by Crippen LogP contribution is -2.30. The standard InChI is InChI=1S/C24H19N3O4S/c1-3-12-27-18-8-5-4-7-17(18)22(23(27)28)26-25-15-16-10-11-19(20(14-16)30-2)31-24(29)21-9-6-13-32-21/h3-11,13-15H,1,12H2,2H3/b25-15-,26-22-. The molecule has 1 aliphatic heterocycles. The summed E-state index contributed by atoms with van der Waals surface area (Å²) >= 11 is 1.30. The number of rotatable bonds is 7. The van der Waals surface area contributed by atoms with Gasteiger partial charge < -0.3 is 14.4 Å². The van der Waals surface area contributed by atoms with E-state index in [4.69, 9.17) is 9.47 Å². The lowest BCUT2D eigenvalue weighted by atomic mass is 10.1. The number of benzene rings is 2. The molecule has 1 aromatic heterocycles. The van der Waals surface area contributed by atoms with Crippen molar-refractivity contribution in [2.75, 3.05) is 18.6 Å². The first-order valence-corrected chi connectivity index (χ1v) is 10.6. The molecule has 160 valence electrons. The van der Waals surface area contributed by atoms with E-state index in [0.717, 1.165) is 11.3 Å². The Kier molecular flexibility index (Phi) is 6.23. The molecule has 0 saturated carbocycles. The largest absolute Gasteiger partial charge is 0.493 e. The second-order valence-corrected chi connectivity index (χ2v) is 7.64. The third-order valence-electron chi connectivity index (χ3n) is 4.69. The van der Waals surface area contributed by atoms with Crippen LogP contribution in [0, 0.1) is 0 Å². The van der Waals surface area contributed by atoms with Gasteiger partial charge >= 0.3 is 5.97 Å². The third kappa shape index (κ3) is 4.21. The van der Waals surface area contributed by atoms with E-state index in [9.17, 15) is 9.59 Å². The Balaban J connectivity index is 1.55. The molecule has 0 spiro atoms. The van der Waals surface area contributed by atoms with Gasteiger partial charge in [0.15, 0.2) is 17.2 Å². The lowest BCUT2D eigenvalue weighted by molar-refractivity contribution is -0.112. The Morgan fingerprint density at radius 1 is 1.16 bits per heavy atom. The summed E-state index contributed by atoms with van der Waals surface area (Å²) in [6, 6.07) is 15.9. The summed E-state index contributed by atoms with van der Waals surface area (Å²) in [6.07, 6.45) is 3.17. The molecule has 0 saturated heterocycles. The zero-order valence-corrected chi connectivity index (χ0v) is 18.0.